The number of nitrogens with zero attached hydrogens (tertiary/aromatic N) is 1. The zero-order chi connectivity index (χ0) is 24.2. The van der Waals surface area contributed by atoms with Gasteiger partial charge in [-0.05, 0) is 73.0 Å². The summed E-state index contributed by atoms with van der Waals surface area (Å²) in [7, 11) is 0. The lowest BCUT2D eigenvalue weighted by molar-refractivity contribution is -0.134. The van der Waals surface area contributed by atoms with Crippen LogP contribution in [0.25, 0.3) is 11.1 Å². The average Bonchev–Trinajstić information content (AvgIpc) is 3.26. The Hall–Kier alpha value is -4.20. The Balaban J connectivity index is 1.42. The molecule has 1 fully saturated rings. The number of likely N-dealkylation sites (tertiary alicyclic amines) is 1. The summed E-state index contributed by atoms with van der Waals surface area (Å²) in [4.78, 5) is 38.5. The SMILES string of the molecule is CC(C(=O)Nc1ccc(C(=O)Oc2cc(-c3ccc(F)cc3)ccc2N)cc1)N1CCCC1=O. The minimum Gasteiger partial charge on any atom is -0.421 e. The molecule has 0 saturated carbocycles. The smallest absolute Gasteiger partial charge is 0.343 e. The molecule has 3 aromatic rings. The highest BCUT2D eigenvalue weighted by Crippen LogP contribution is 2.30. The first-order valence-electron chi connectivity index (χ1n) is 10.9. The van der Waals surface area contributed by atoms with Crippen molar-refractivity contribution >= 4 is 29.2 Å². The number of hydrogen-bond donors (Lipinski definition) is 2. The fourth-order valence-electron chi connectivity index (χ4n) is 3.76. The van der Waals surface area contributed by atoms with E-state index in [2.05, 4.69) is 5.32 Å². The summed E-state index contributed by atoms with van der Waals surface area (Å²) in [6.07, 6.45) is 1.22. The summed E-state index contributed by atoms with van der Waals surface area (Å²) in [5, 5.41) is 2.76. The van der Waals surface area contributed by atoms with Gasteiger partial charge >= 0.3 is 5.97 Å². The van der Waals surface area contributed by atoms with Gasteiger partial charge in [0.05, 0.1) is 11.3 Å². The molecule has 1 unspecified atom stereocenters. The second kappa shape index (κ2) is 9.74. The highest BCUT2D eigenvalue weighted by atomic mass is 19.1. The van der Waals surface area contributed by atoms with Crippen LogP contribution in [0.4, 0.5) is 15.8 Å². The Morgan fingerprint density at radius 2 is 1.71 bits per heavy atom. The summed E-state index contributed by atoms with van der Waals surface area (Å²) in [5.74, 6) is -1.09. The van der Waals surface area contributed by atoms with Crippen LogP contribution in [0.3, 0.4) is 0 Å². The number of nitrogens with one attached hydrogen (secondary N) is 1. The molecule has 0 bridgehead atoms. The van der Waals surface area contributed by atoms with Crippen LogP contribution in [-0.2, 0) is 9.59 Å². The second-order valence-corrected chi connectivity index (χ2v) is 8.08. The van der Waals surface area contributed by atoms with Crippen molar-refractivity contribution in [3.8, 4) is 16.9 Å². The van der Waals surface area contributed by atoms with Gasteiger partial charge in [-0.25, -0.2) is 9.18 Å². The summed E-state index contributed by atoms with van der Waals surface area (Å²) < 4.78 is 18.7. The Labute approximate surface area is 196 Å². The minimum absolute atomic E-state index is 0.0245. The molecule has 7 nitrogen and oxygen atoms in total. The van der Waals surface area contributed by atoms with E-state index in [0.29, 0.717) is 18.7 Å². The number of carbonyl (C=O) groups is 3. The number of rotatable bonds is 6. The van der Waals surface area contributed by atoms with E-state index in [4.69, 9.17) is 10.5 Å². The van der Waals surface area contributed by atoms with Gasteiger partial charge in [0.1, 0.15) is 11.9 Å². The average molecular weight is 461 g/mol. The molecule has 4 rings (SSSR count). The molecule has 0 aliphatic carbocycles. The lowest BCUT2D eigenvalue weighted by atomic mass is 10.0. The summed E-state index contributed by atoms with van der Waals surface area (Å²) in [6, 6.07) is 16.6. The van der Waals surface area contributed by atoms with E-state index in [-0.39, 0.29) is 34.6 Å². The molecule has 2 amide bonds. The van der Waals surface area contributed by atoms with Crippen LogP contribution in [0.1, 0.15) is 30.1 Å². The molecule has 1 heterocycles. The predicted molar refractivity (Wildman–Crippen MR) is 127 cm³/mol. The van der Waals surface area contributed by atoms with Crippen LogP contribution in [0.5, 0.6) is 5.75 Å². The molecule has 3 N–H and O–H groups in total. The maximum absolute atomic E-state index is 13.2. The van der Waals surface area contributed by atoms with E-state index in [9.17, 15) is 18.8 Å². The third-order valence-corrected chi connectivity index (χ3v) is 5.74. The van der Waals surface area contributed by atoms with Crippen molar-refractivity contribution < 1.29 is 23.5 Å². The van der Waals surface area contributed by atoms with Crippen LogP contribution in [0.2, 0.25) is 0 Å². The first-order chi connectivity index (χ1) is 16.3. The summed E-state index contributed by atoms with van der Waals surface area (Å²) in [6.45, 7) is 2.26. The molecule has 3 aromatic carbocycles. The molecule has 1 aliphatic rings. The van der Waals surface area contributed by atoms with E-state index in [1.807, 2.05) is 0 Å². The number of nitrogens with two attached hydrogens (primary N) is 1. The maximum Gasteiger partial charge on any atom is 0.343 e. The van der Waals surface area contributed by atoms with Gasteiger partial charge < -0.3 is 20.7 Å². The molecule has 0 spiro atoms. The van der Waals surface area contributed by atoms with Crippen LogP contribution < -0.4 is 15.8 Å². The van der Waals surface area contributed by atoms with E-state index in [1.54, 1.807) is 54.3 Å². The first kappa shape index (κ1) is 23.0. The van der Waals surface area contributed by atoms with E-state index < -0.39 is 12.0 Å². The molecule has 34 heavy (non-hydrogen) atoms. The number of carbonyl (C=O) groups excluding carboxylic acids is 3. The van der Waals surface area contributed by atoms with Crippen LogP contribution in [0, 0.1) is 5.82 Å². The highest BCUT2D eigenvalue weighted by molar-refractivity contribution is 5.98. The van der Waals surface area contributed by atoms with Crippen molar-refractivity contribution in [2.24, 2.45) is 0 Å². The van der Waals surface area contributed by atoms with Gasteiger partial charge in [-0.15, -0.1) is 0 Å². The van der Waals surface area contributed by atoms with E-state index >= 15 is 0 Å². The third-order valence-electron chi connectivity index (χ3n) is 5.74. The number of ether oxygens (including phenoxy) is 1. The quantitative estimate of drug-likeness (QED) is 0.325. The zero-order valence-electron chi connectivity index (χ0n) is 18.6. The molecular weight excluding hydrogens is 437 g/mol. The lowest BCUT2D eigenvalue weighted by Crippen LogP contribution is -2.42. The maximum atomic E-state index is 13.2. The standard InChI is InChI=1S/C26H24FN3O4/c1-16(30-14-2-3-24(30)31)25(32)29-21-11-6-18(7-12-21)26(33)34-23-15-19(8-13-22(23)28)17-4-9-20(27)10-5-17/h4-13,15-16H,2-3,14,28H2,1H3,(H,29,32). The van der Waals surface area contributed by atoms with Crippen molar-refractivity contribution in [3.05, 3.63) is 78.1 Å². The van der Waals surface area contributed by atoms with Gasteiger partial charge in [-0.2, -0.15) is 0 Å². The van der Waals surface area contributed by atoms with E-state index in [1.165, 1.54) is 24.3 Å². The minimum atomic E-state index is -0.614. The normalized spacial score (nSPS) is 14.1. The van der Waals surface area contributed by atoms with Gasteiger partial charge in [0, 0.05) is 18.7 Å². The lowest BCUT2D eigenvalue weighted by Gasteiger charge is -2.23. The number of halogens is 1. The van der Waals surface area contributed by atoms with Crippen molar-refractivity contribution in [3.63, 3.8) is 0 Å². The van der Waals surface area contributed by atoms with E-state index in [0.717, 1.165) is 17.5 Å². The molecule has 174 valence electrons. The fraction of sp³-hybridized carbons (Fsp3) is 0.192. The summed E-state index contributed by atoms with van der Waals surface area (Å²) >= 11 is 0. The highest BCUT2D eigenvalue weighted by Gasteiger charge is 2.29. The largest absolute Gasteiger partial charge is 0.421 e. The van der Waals surface area contributed by atoms with Gasteiger partial charge in [0.15, 0.2) is 5.75 Å². The second-order valence-electron chi connectivity index (χ2n) is 8.08. The Morgan fingerprint density at radius 1 is 1.03 bits per heavy atom. The van der Waals surface area contributed by atoms with Crippen LogP contribution in [0.15, 0.2) is 66.7 Å². The van der Waals surface area contributed by atoms with Crippen molar-refractivity contribution in [1.29, 1.82) is 0 Å². The number of esters is 1. The predicted octanol–water partition coefficient (Wildman–Crippen LogP) is 4.24. The molecule has 8 heteroatoms. The number of nitrogen functional groups attached to an aromatic ring is 1. The van der Waals surface area contributed by atoms with Gasteiger partial charge in [-0.1, -0.05) is 18.2 Å². The monoisotopic (exact) mass is 461 g/mol. The third kappa shape index (κ3) is 5.06. The van der Waals surface area contributed by atoms with Gasteiger partial charge in [-0.3, -0.25) is 9.59 Å². The van der Waals surface area contributed by atoms with Crippen molar-refractivity contribution in [2.75, 3.05) is 17.6 Å². The zero-order valence-corrected chi connectivity index (χ0v) is 18.6. The molecule has 1 aliphatic heterocycles. The first-order valence-corrected chi connectivity index (χ1v) is 10.9. The molecule has 1 saturated heterocycles. The Kier molecular flexibility index (Phi) is 6.58. The number of benzene rings is 3. The number of anilines is 2. The molecule has 1 atom stereocenters. The molecule has 0 radical (unpaired) electrons. The van der Waals surface area contributed by atoms with Crippen LogP contribution >= 0.6 is 0 Å². The van der Waals surface area contributed by atoms with Gasteiger partial charge in [0.2, 0.25) is 11.8 Å². The topological polar surface area (TPSA) is 102 Å². The van der Waals surface area contributed by atoms with Gasteiger partial charge in [0.25, 0.3) is 0 Å². The summed E-state index contributed by atoms with van der Waals surface area (Å²) in [5.41, 5.74) is 8.50. The molecular formula is C26H24FN3O4. The van der Waals surface area contributed by atoms with Crippen LogP contribution in [-0.4, -0.2) is 35.3 Å². The number of hydrogen-bond acceptors (Lipinski definition) is 5. The number of amides is 2. The van der Waals surface area contributed by atoms with Crippen molar-refractivity contribution in [1.82, 2.24) is 4.90 Å². The Morgan fingerprint density at radius 3 is 2.35 bits per heavy atom. The molecule has 0 aromatic heterocycles. The van der Waals surface area contributed by atoms with Crippen molar-refractivity contribution in [2.45, 2.75) is 25.8 Å². The fourth-order valence-corrected chi connectivity index (χ4v) is 3.76. The Bertz CT molecular complexity index is 1230.